The lowest BCUT2D eigenvalue weighted by atomic mass is 10.2. The predicted octanol–water partition coefficient (Wildman–Crippen LogP) is 1.03. The quantitative estimate of drug-likeness (QED) is 0.602. The van der Waals surface area contributed by atoms with Crippen LogP contribution < -0.4 is 5.73 Å². The number of amides is 2. The monoisotopic (exact) mass is 276 g/mol. The van der Waals surface area contributed by atoms with Gasteiger partial charge in [0.2, 0.25) is 11.8 Å². The zero-order valence-electron chi connectivity index (χ0n) is 8.75. The van der Waals surface area contributed by atoms with Gasteiger partial charge in [-0.05, 0) is 25.7 Å². The van der Waals surface area contributed by atoms with Crippen molar-refractivity contribution in [2.75, 3.05) is 11.9 Å². The summed E-state index contributed by atoms with van der Waals surface area (Å²) in [4.78, 5) is 24.4. The highest BCUT2D eigenvalue weighted by atomic mass is 79.9. The minimum Gasteiger partial charge on any atom is -0.368 e. The van der Waals surface area contributed by atoms with Gasteiger partial charge in [-0.15, -0.1) is 0 Å². The number of primary amides is 1. The molecule has 2 amide bonds. The molecule has 0 radical (unpaired) electrons. The highest BCUT2D eigenvalue weighted by molar-refractivity contribution is 9.09. The predicted molar refractivity (Wildman–Crippen MR) is 61.6 cm³/mol. The first-order valence-corrected chi connectivity index (χ1v) is 6.43. The first-order chi connectivity index (χ1) is 7.16. The van der Waals surface area contributed by atoms with Crippen LogP contribution in [0.1, 0.15) is 32.1 Å². The highest BCUT2D eigenvalue weighted by Gasteiger charge is 2.31. The van der Waals surface area contributed by atoms with Gasteiger partial charge in [0.1, 0.15) is 6.04 Å². The second-order valence-electron chi connectivity index (χ2n) is 3.79. The number of halogens is 1. The van der Waals surface area contributed by atoms with Crippen LogP contribution in [-0.2, 0) is 9.59 Å². The molecule has 0 aromatic carbocycles. The summed E-state index contributed by atoms with van der Waals surface area (Å²) in [6.07, 6.45) is 3.99. The van der Waals surface area contributed by atoms with E-state index in [0.29, 0.717) is 13.0 Å². The Morgan fingerprint density at radius 1 is 1.40 bits per heavy atom. The van der Waals surface area contributed by atoms with Crippen LogP contribution >= 0.6 is 15.9 Å². The van der Waals surface area contributed by atoms with Crippen LogP contribution in [0.25, 0.3) is 0 Å². The fourth-order valence-corrected chi connectivity index (χ4v) is 2.27. The zero-order chi connectivity index (χ0) is 11.3. The van der Waals surface area contributed by atoms with Crippen LogP contribution in [0.5, 0.6) is 0 Å². The van der Waals surface area contributed by atoms with Crippen molar-refractivity contribution in [1.29, 1.82) is 0 Å². The van der Waals surface area contributed by atoms with Crippen molar-refractivity contribution in [3.8, 4) is 0 Å². The van der Waals surface area contributed by atoms with Crippen molar-refractivity contribution in [2.24, 2.45) is 5.73 Å². The molecule has 0 aromatic heterocycles. The number of hydrogen-bond acceptors (Lipinski definition) is 2. The van der Waals surface area contributed by atoms with Crippen molar-refractivity contribution in [2.45, 2.75) is 38.1 Å². The summed E-state index contributed by atoms with van der Waals surface area (Å²) in [6.45, 7) is 0.681. The molecule has 4 nitrogen and oxygen atoms in total. The van der Waals surface area contributed by atoms with Crippen molar-refractivity contribution in [3.63, 3.8) is 0 Å². The molecule has 1 rings (SSSR count). The summed E-state index contributed by atoms with van der Waals surface area (Å²) < 4.78 is 0. The molecular formula is C10H17BrN2O2. The number of unbranched alkanes of at least 4 members (excludes halogenated alkanes) is 1. The first-order valence-electron chi connectivity index (χ1n) is 5.31. The molecule has 0 aromatic rings. The molecule has 0 spiro atoms. The number of alkyl halides is 1. The van der Waals surface area contributed by atoms with Gasteiger partial charge in [-0.25, -0.2) is 0 Å². The molecule has 0 saturated carbocycles. The lowest BCUT2D eigenvalue weighted by molar-refractivity contribution is -0.137. The van der Waals surface area contributed by atoms with Gasteiger partial charge in [0.25, 0.3) is 0 Å². The zero-order valence-corrected chi connectivity index (χ0v) is 10.3. The van der Waals surface area contributed by atoms with E-state index in [1.165, 1.54) is 0 Å². The Morgan fingerprint density at radius 2 is 2.13 bits per heavy atom. The number of nitrogens with two attached hydrogens (primary N) is 1. The van der Waals surface area contributed by atoms with E-state index in [9.17, 15) is 9.59 Å². The summed E-state index contributed by atoms with van der Waals surface area (Å²) in [5.41, 5.74) is 5.24. The van der Waals surface area contributed by atoms with Crippen LogP contribution in [0, 0.1) is 0 Å². The van der Waals surface area contributed by atoms with Gasteiger partial charge in [-0.3, -0.25) is 9.59 Å². The van der Waals surface area contributed by atoms with Crippen LogP contribution in [0.15, 0.2) is 0 Å². The maximum atomic E-state index is 11.7. The topological polar surface area (TPSA) is 63.4 Å². The SMILES string of the molecule is NC(=O)C1CCCN1C(=O)CCCCBr. The Kier molecular flexibility index (Phi) is 5.08. The third kappa shape index (κ3) is 3.48. The van der Waals surface area contributed by atoms with Crippen LogP contribution in [-0.4, -0.2) is 34.6 Å². The first kappa shape index (κ1) is 12.5. The largest absolute Gasteiger partial charge is 0.368 e. The van der Waals surface area contributed by atoms with Gasteiger partial charge in [-0.1, -0.05) is 15.9 Å². The average Bonchev–Trinajstić information content (AvgIpc) is 2.66. The molecule has 86 valence electrons. The van der Waals surface area contributed by atoms with Gasteiger partial charge < -0.3 is 10.6 Å². The van der Waals surface area contributed by atoms with E-state index in [4.69, 9.17) is 5.73 Å². The Bertz CT molecular complexity index is 246. The molecule has 1 unspecified atom stereocenters. The molecule has 1 fully saturated rings. The number of carbonyl (C=O) groups excluding carboxylic acids is 2. The maximum Gasteiger partial charge on any atom is 0.240 e. The van der Waals surface area contributed by atoms with E-state index in [1.807, 2.05) is 0 Å². The number of carbonyl (C=O) groups is 2. The fourth-order valence-electron chi connectivity index (χ4n) is 1.88. The van der Waals surface area contributed by atoms with Gasteiger partial charge in [0.05, 0.1) is 0 Å². The molecule has 5 heteroatoms. The third-order valence-corrected chi connectivity index (χ3v) is 3.24. The summed E-state index contributed by atoms with van der Waals surface area (Å²) in [7, 11) is 0. The molecule has 1 atom stereocenters. The van der Waals surface area contributed by atoms with Gasteiger partial charge in [0, 0.05) is 18.3 Å². The summed E-state index contributed by atoms with van der Waals surface area (Å²) in [5.74, 6) is -0.307. The Labute approximate surface area is 98.3 Å². The van der Waals surface area contributed by atoms with E-state index < -0.39 is 0 Å². The second-order valence-corrected chi connectivity index (χ2v) is 4.59. The Morgan fingerprint density at radius 3 is 2.73 bits per heavy atom. The summed E-state index contributed by atoms with van der Waals surface area (Å²) in [5, 5.41) is 0.916. The van der Waals surface area contributed by atoms with Crippen LogP contribution in [0.4, 0.5) is 0 Å². The Hall–Kier alpha value is -0.580. The number of hydrogen-bond donors (Lipinski definition) is 1. The van der Waals surface area contributed by atoms with Crippen molar-refractivity contribution in [1.82, 2.24) is 4.90 Å². The van der Waals surface area contributed by atoms with Crippen molar-refractivity contribution < 1.29 is 9.59 Å². The minimum atomic E-state index is -0.374. The van der Waals surface area contributed by atoms with Gasteiger partial charge in [0.15, 0.2) is 0 Å². The molecule has 0 bridgehead atoms. The maximum absolute atomic E-state index is 11.7. The summed E-state index contributed by atoms with van der Waals surface area (Å²) >= 11 is 3.32. The average molecular weight is 277 g/mol. The summed E-state index contributed by atoms with van der Waals surface area (Å²) in [6, 6.07) is -0.360. The van der Waals surface area contributed by atoms with Crippen LogP contribution in [0.3, 0.4) is 0 Å². The number of rotatable bonds is 5. The van der Waals surface area contributed by atoms with E-state index in [-0.39, 0.29) is 17.9 Å². The number of nitrogens with zero attached hydrogens (tertiary/aromatic N) is 1. The van der Waals surface area contributed by atoms with E-state index in [1.54, 1.807) is 4.90 Å². The molecule has 2 N–H and O–H groups in total. The molecule has 1 heterocycles. The molecule has 1 aliphatic rings. The van der Waals surface area contributed by atoms with Crippen molar-refractivity contribution >= 4 is 27.7 Å². The minimum absolute atomic E-state index is 0.0669. The molecule has 1 aliphatic heterocycles. The second kappa shape index (κ2) is 6.10. The molecule has 1 saturated heterocycles. The third-order valence-electron chi connectivity index (χ3n) is 2.68. The lowest BCUT2D eigenvalue weighted by Gasteiger charge is -2.22. The lowest BCUT2D eigenvalue weighted by Crippen LogP contribution is -2.43. The van der Waals surface area contributed by atoms with E-state index >= 15 is 0 Å². The standard InChI is InChI=1S/C10H17BrN2O2/c11-6-2-1-5-9(14)13-7-3-4-8(13)10(12)15/h8H,1-7H2,(H2,12,15). The normalized spacial score (nSPS) is 20.6. The fraction of sp³-hybridized carbons (Fsp3) is 0.800. The van der Waals surface area contributed by atoms with Crippen LogP contribution in [0.2, 0.25) is 0 Å². The van der Waals surface area contributed by atoms with E-state index in [2.05, 4.69) is 15.9 Å². The van der Waals surface area contributed by atoms with Gasteiger partial charge >= 0.3 is 0 Å². The Balaban J connectivity index is 2.40. The molecular weight excluding hydrogens is 260 g/mol. The highest BCUT2D eigenvalue weighted by Crippen LogP contribution is 2.18. The van der Waals surface area contributed by atoms with Crippen molar-refractivity contribution in [3.05, 3.63) is 0 Å². The van der Waals surface area contributed by atoms with Gasteiger partial charge in [-0.2, -0.15) is 0 Å². The number of likely N-dealkylation sites (tertiary alicyclic amines) is 1. The molecule has 15 heavy (non-hydrogen) atoms. The smallest absolute Gasteiger partial charge is 0.240 e. The molecule has 0 aliphatic carbocycles. The van der Waals surface area contributed by atoms with E-state index in [0.717, 1.165) is 31.0 Å².